The van der Waals surface area contributed by atoms with Crippen molar-refractivity contribution in [2.24, 2.45) is 0 Å². The van der Waals surface area contributed by atoms with Gasteiger partial charge < -0.3 is 25.0 Å². The van der Waals surface area contributed by atoms with E-state index in [-0.39, 0.29) is 22.3 Å². The summed E-state index contributed by atoms with van der Waals surface area (Å²) in [6, 6.07) is 6.50. The van der Waals surface area contributed by atoms with Gasteiger partial charge >= 0.3 is 5.97 Å². The minimum absolute atomic E-state index is 0.0353. The number of phenols is 1. The molecule has 1 aliphatic heterocycles. The van der Waals surface area contributed by atoms with Gasteiger partial charge in [0.15, 0.2) is 5.82 Å². The van der Waals surface area contributed by atoms with E-state index < -0.39 is 28.6 Å². The van der Waals surface area contributed by atoms with E-state index in [0.29, 0.717) is 31.7 Å². The summed E-state index contributed by atoms with van der Waals surface area (Å²) in [7, 11) is 0. The maximum Gasteiger partial charge on any atom is 0.341 e. The van der Waals surface area contributed by atoms with Gasteiger partial charge in [0.1, 0.15) is 22.8 Å². The van der Waals surface area contributed by atoms with Gasteiger partial charge in [-0.25, -0.2) is 13.6 Å². The minimum atomic E-state index is -1.50. The van der Waals surface area contributed by atoms with Crippen molar-refractivity contribution >= 4 is 22.6 Å². The molecule has 4 rings (SSSR count). The first kappa shape index (κ1) is 19.8. The van der Waals surface area contributed by atoms with E-state index in [4.69, 9.17) is 0 Å². The topological polar surface area (TPSA) is 94.8 Å². The second-order valence-corrected chi connectivity index (χ2v) is 7.07. The van der Waals surface area contributed by atoms with Gasteiger partial charge in [0, 0.05) is 31.5 Å². The van der Waals surface area contributed by atoms with Crippen LogP contribution in [-0.2, 0) is 0 Å². The Hall–Kier alpha value is -3.46. The molecule has 9 heteroatoms. The average Bonchev–Trinajstić information content (AvgIpc) is 2.98. The quantitative estimate of drug-likeness (QED) is 0.609. The first-order chi connectivity index (χ1) is 14.4. The molecule has 156 valence electrons. The fraction of sp³-hybridized carbons (Fsp3) is 0.238. The highest BCUT2D eigenvalue weighted by atomic mass is 19.1. The first-order valence-corrected chi connectivity index (χ1v) is 9.44. The third kappa shape index (κ3) is 3.37. The monoisotopic (exact) mass is 415 g/mol. The molecule has 0 bridgehead atoms. The molecule has 0 atom stereocenters. The summed E-state index contributed by atoms with van der Waals surface area (Å²) < 4.78 is 31.9. The van der Waals surface area contributed by atoms with E-state index in [0.717, 1.165) is 18.8 Å². The number of carbonyl (C=O) groups is 1. The van der Waals surface area contributed by atoms with Gasteiger partial charge in [0.2, 0.25) is 5.43 Å². The maximum atomic E-state index is 15.7. The standard InChI is InChI=1S/C21H19F2N3O4/c22-16-10-14-18(17(23)19(16)25-8-1-6-24-7-9-25)26(11-15(20(14)28)21(29)30)12-2-4-13(27)5-3-12/h2-5,10-11,24,27H,1,6-9H2,(H,29,30). The molecule has 30 heavy (non-hydrogen) atoms. The van der Waals surface area contributed by atoms with E-state index in [9.17, 15) is 24.2 Å². The molecule has 0 spiro atoms. The van der Waals surface area contributed by atoms with Crippen molar-refractivity contribution in [3.8, 4) is 11.4 Å². The third-order valence-corrected chi connectivity index (χ3v) is 5.17. The maximum absolute atomic E-state index is 15.7. The van der Waals surface area contributed by atoms with Crippen molar-refractivity contribution < 1.29 is 23.8 Å². The number of benzene rings is 2. The number of anilines is 1. The highest BCUT2D eigenvalue weighted by Gasteiger charge is 2.26. The molecule has 3 N–H and O–H groups in total. The number of pyridine rings is 1. The van der Waals surface area contributed by atoms with E-state index in [1.165, 1.54) is 28.8 Å². The Kier molecular flexibility index (Phi) is 5.13. The highest BCUT2D eigenvalue weighted by molar-refractivity contribution is 5.94. The average molecular weight is 415 g/mol. The molecule has 1 aromatic heterocycles. The SMILES string of the molecule is O=C(O)c1cn(-c2ccc(O)cc2)c2c(F)c(N3CCCNCC3)c(F)cc2c1=O. The predicted molar refractivity (Wildman–Crippen MR) is 108 cm³/mol. The Bertz CT molecular complexity index is 1180. The number of carboxylic acids is 1. The third-order valence-electron chi connectivity index (χ3n) is 5.17. The molecule has 0 radical (unpaired) electrons. The lowest BCUT2D eigenvalue weighted by Gasteiger charge is -2.25. The van der Waals surface area contributed by atoms with Crippen molar-refractivity contribution in [3.05, 3.63) is 63.9 Å². The molecular weight excluding hydrogens is 396 g/mol. The molecule has 1 aliphatic rings. The Labute approximate surface area is 169 Å². The number of nitrogens with one attached hydrogen (secondary N) is 1. The lowest BCUT2D eigenvalue weighted by molar-refractivity contribution is 0.0695. The molecule has 0 amide bonds. The Morgan fingerprint density at radius 1 is 1.10 bits per heavy atom. The van der Waals surface area contributed by atoms with Crippen LogP contribution in [0.3, 0.4) is 0 Å². The summed E-state index contributed by atoms with van der Waals surface area (Å²) in [6.45, 7) is 2.10. The van der Waals surface area contributed by atoms with Crippen LogP contribution in [-0.4, -0.2) is 46.9 Å². The van der Waals surface area contributed by atoms with Crippen LogP contribution in [0.25, 0.3) is 16.6 Å². The number of carboxylic acid groups (broad SMARTS) is 1. The molecule has 1 fully saturated rings. The molecule has 0 unspecified atom stereocenters. The van der Waals surface area contributed by atoms with E-state index in [2.05, 4.69) is 5.32 Å². The van der Waals surface area contributed by atoms with Crippen LogP contribution < -0.4 is 15.6 Å². The minimum Gasteiger partial charge on any atom is -0.508 e. The Morgan fingerprint density at radius 3 is 2.53 bits per heavy atom. The molecule has 0 saturated carbocycles. The van der Waals surface area contributed by atoms with Crippen LogP contribution in [0, 0.1) is 11.6 Å². The molecule has 2 heterocycles. The van der Waals surface area contributed by atoms with Crippen molar-refractivity contribution in [1.82, 2.24) is 9.88 Å². The second-order valence-electron chi connectivity index (χ2n) is 7.07. The molecule has 7 nitrogen and oxygen atoms in total. The van der Waals surface area contributed by atoms with Gasteiger partial charge in [-0.2, -0.15) is 0 Å². The molecule has 3 aromatic rings. The summed E-state index contributed by atoms with van der Waals surface area (Å²) in [6.07, 6.45) is 1.72. The fourth-order valence-corrected chi connectivity index (χ4v) is 3.73. The highest BCUT2D eigenvalue weighted by Crippen LogP contribution is 2.32. The number of phenolic OH excluding ortho intramolecular Hbond substituents is 1. The van der Waals surface area contributed by atoms with E-state index in [1.807, 2.05) is 0 Å². The van der Waals surface area contributed by atoms with Gasteiger partial charge in [0.25, 0.3) is 0 Å². The largest absolute Gasteiger partial charge is 0.508 e. The zero-order chi connectivity index (χ0) is 21.4. The van der Waals surface area contributed by atoms with E-state index >= 15 is 4.39 Å². The predicted octanol–water partition coefficient (Wildman–Crippen LogP) is 2.47. The van der Waals surface area contributed by atoms with Gasteiger partial charge in [-0.1, -0.05) is 0 Å². The van der Waals surface area contributed by atoms with Gasteiger partial charge in [0.05, 0.1) is 10.9 Å². The van der Waals surface area contributed by atoms with Gasteiger partial charge in [-0.15, -0.1) is 0 Å². The first-order valence-electron chi connectivity index (χ1n) is 9.44. The van der Waals surface area contributed by atoms with Crippen LogP contribution in [0.15, 0.2) is 41.3 Å². The smallest absolute Gasteiger partial charge is 0.341 e. The van der Waals surface area contributed by atoms with E-state index in [1.54, 1.807) is 4.90 Å². The van der Waals surface area contributed by atoms with Gasteiger partial charge in [-0.3, -0.25) is 4.79 Å². The molecule has 0 aliphatic carbocycles. The lowest BCUT2D eigenvalue weighted by atomic mass is 10.1. The van der Waals surface area contributed by atoms with Crippen LogP contribution in [0.1, 0.15) is 16.8 Å². The number of nitrogens with zero attached hydrogens (tertiary/aromatic N) is 2. The van der Waals surface area contributed by atoms with Crippen LogP contribution in [0.2, 0.25) is 0 Å². The lowest BCUT2D eigenvalue weighted by Crippen LogP contribution is -2.30. The molecule has 1 saturated heterocycles. The zero-order valence-electron chi connectivity index (χ0n) is 15.9. The fourth-order valence-electron chi connectivity index (χ4n) is 3.73. The number of aromatic carboxylic acids is 1. The van der Waals surface area contributed by atoms with Crippen molar-refractivity contribution in [1.29, 1.82) is 0 Å². The van der Waals surface area contributed by atoms with Crippen LogP contribution >= 0.6 is 0 Å². The van der Waals surface area contributed by atoms with Crippen LogP contribution in [0.4, 0.5) is 14.5 Å². The van der Waals surface area contributed by atoms with Crippen molar-refractivity contribution in [3.63, 3.8) is 0 Å². The normalized spacial score (nSPS) is 14.7. The van der Waals surface area contributed by atoms with Gasteiger partial charge in [-0.05, 0) is 43.3 Å². The summed E-state index contributed by atoms with van der Waals surface area (Å²) >= 11 is 0. The Balaban J connectivity index is 2.06. The number of halogens is 2. The zero-order valence-corrected chi connectivity index (χ0v) is 15.9. The number of hydrogen-bond acceptors (Lipinski definition) is 5. The van der Waals surface area contributed by atoms with Crippen LogP contribution in [0.5, 0.6) is 5.75 Å². The summed E-state index contributed by atoms with van der Waals surface area (Å²) in [5.74, 6) is -3.39. The van der Waals surface area contributed by atoms with Crippen molar-refractivity contribution in [2.45, 2.75) is 6.42 Å². The van der Waals surface area contributed by atoms with Crippen molar-refractivity contribution in [2.75, 3.05) is 31.1 Å². The number of aromatic nitrogens is 1. The summed E-state index contributed by atoms with van der Waals surface area (Å²) in [5.41, 5.74) is -1.73. The summed E-state index contributed by atoms with van der Waals surface area (Å²) in [4.78, 5) is 25.8. The number of aromatic hydroxyl groups is 1. The number of rotatable bonds is 3. The number of fused-ring (bicyclic) bond motifs is 1. The summed E-state index contributed by atoms with van der Waals surface area (Å²) in [5, 5.41) is 21.8. The second kappa shape index (κ2) is 7.75. The Morgan fingerprint density at radius 2 is 1.83 bits per heavy atom. The molecule has 2 aromatic carbocycles. The number of hydrogen-bond donors (Lipinski definition) is 3. The molecular formula is C21H19F2N3O4.